The highest BCUT2D eigenvalue weighted by molar-refractivity contribution is 5.68. The molecule has 1 aliphatic rings. The van der Waals surface area contributed by atoms with Crippen LogP contribution in [-0.2, 0) is 42.9 Å². The zero-order valence-corrected chi connectivity index (χ0v) is 14.6. The summed E-state index contributed by atoms with van der Waals surface area (Å²) in [6.45, 7) is 4.06. The highest BCUT2D eigenvalue weighted by Gasteiger charge is 2.51. The summed E-state index contributed by atoms with van der Waals surface area (Å²) in [7, 11) is 0. The van der Waals surface area contributed by atoms with Crippen molar-refractivity contribution >= 4 is 23.9 Å². The van der Waals surface area contributed by atoms with Crippen LogP contribution in [0.4, 0.5) is 0 Å². The van der Waals surface area contributed by atoms with E-state index in [9.17, 15) is 19.2 Å². The number of azide groups is 1. The van der Waals surface area contributed by atoms with E-state index in [1.54, 1.807) is 0 Å². The molecule has 12 nitrogen and oxygen atoms in total. The predicted molar refractivity (Wildman–Crippen MR) is 81.1 cm³/mol. The van der Waals surface area contributed by atoms with Gasteiger partial charge in [0.05, 0.1) is 0 Å². The van der Waals surface area contributed by atoms with Crippen LogP contribution in [0.3, 0.4) is 0 Å². The molecule has 0 bridgehead atoms. The molecule has 0 aromatic carbocycles. The number of ether oxygens (including phenoxy) is 5. The fourth-order valence-electron chi connectivity index (χ4n) is 2.33. The minimum Gasteiger partial charge on any atom is -0.463 e. The molecule has 1 fully saturated rings. The zero-order valence-electron chi connectivity index (χ0n) is 14.6. The molecule has 12 heteroatoms. The lowest BCUT2D eigenvalue weighted by atomic mass is 9.97. The first kappa shape index (κ1) is 21.2. The fourth-order valence-corrected chi connectivity index (χ4v) is 2.33. The van der Waals surface area contributed by atoms with E-state index < -0.39 is 54.5 Å². The van der Waals surface area contributed by atoms with Gasteiger partial charge in [-0.3, -0.25) is 19.2 Å². The molecule has 0 radical (unpaired) electrons. The quantitative estimate of drug-likeness (QED) is 0.210. The van der Waals surface area contributed by atoms with E-state index in [1.165, 1.54) is 0 Å². The van der Waals surface area contributed by atoms with Gasteiger partial charge < -0.3 is 23.7 Å². The van der Waals surface area contributed by atoms with Gasteiger partial charge >= 0.3 is 23.9 Å². The molecule has 0 aromatic rings. The van der Waals surface area contributed by atoms with Crippen molar-refractivity contribution in [1.29, 1.82) is 0 Å². The second kappa shape index (κ2) is 9.59. The third-order valence-electron chi connectivity index (χ3n) is 3.14. The summed E-state index contributed by atoms with van der Waals surface area (Å²) in [6, 6.07) is -1.33. The number of esters is 4. The molecular formula is C14H19N3O9. The lowest BCUT2D eigenvalue weighted by Crippen LogP contribution is -2.61. The van der Waals surface area contributed by atoms with E-state index in [2.05, 4.69) is 10.0 Å². The number of hydrogen-bond acceptors (Lipinski definition) is 10. The van der Waals surface area contributed by atoms with Crippen LogP contribution in [-0.4, -0.2) is 61.1 Å². The van der Waals surface area contributed by atoms with Crippen LogP contribution >= 0.6 is 0 Å². The third kappa shape index (κ3) is 6.22. The maximum atomic E-state index is 11.5. The second-order valence-corrected chi connectivity index (χ2v) is 5.30. The lowest BCUT2D eigenvalue weighted by molar-refractivity contribution is -0.267. The highest BCUT2D eigenvalue weighted by Crippen LogP contribution is 2.29. The van der Waals surface area contributed by atoms with Gasteiger partial charge in [0, 0.05) is 32.6 Å². The molecule has 0 saturated carbocycles. The van der Waals surface area contributed by atoms with Crippen LogP contribution in [0, 0.1) is 0 Å². The predicted octanol–water partition coefficient (Wildman–Crippen LogP) is 0.380. The van der Waals surface area contributed by atoms with Crippen molar-refractivity contribution < 1.29 is 42.9 Å². The Morgan fingerprint density at radius 1 is 0.923 bits per heavy atom. The summed E-state index contributed by atoms with van der Waals surface area (Å²) in [6.07, 6.45) is -5.18. The van der Waals surface area contributed by atoms with Gasteiger partial charge in [0.15, 0.2) is 12.2 Å². The van der Waals surface area contributed by atoms with Gasteiger partial charge in [0.2, 0.25) is 6.29 Å². The Bertz CT molecular complexity index is 617. The smallest absolute Gasteiger partial charge is 0.304 e. The Balaban J connectivity index is 3.28. The Labute approximate surface area is 148 Å². The summed E-state index contributed by atoms with van der Waals surface area (Å²) in [5.74, 6) is -2.90. The molecule has 1 rings (SSSR count). The Morgan fingerprint density at radius 2 is 1.46 bits per heavy atom. The van der Waals surface area contributed by atoms with E-state index in [-0.39, 0.29) is 6.61 Å². The monoisotopic (exact) mass is 373 g/mol. The normalized spacial score (nSPS) is 27.5. The van der Waals surface area contributed by atoms with Crippen molar-refractivity contribution in [2.75, 3.05) is 6.61 Å². The zero-order chi connectivity index (χ0) is 19.9. The maximum Gasteiger partial charge on any atom is 0.304 e. The molecule has 0 aromatic heterocycles. The number of carbonyl (C=O) groups excluding carboxylic acids is 4. The van der Waals surface area contributed by atoms with Crippen LogP contribution in [0.25, 0.3) is 10.4 Å². The molecular weight excluding hydrogens is 354 g/mol. The molecule has 0 aliphatic carbocycles. The lowest BCUT2D eigenvalue weighted by Gasteiger charge is -2.42. The van der Waals surface area contributed by atoms with Crippen molar-refractivity contribution in [2.45, 2.75) is 58.3 Å². The fraction of sp³-hybridized carbons (Fsp3) is 0.714. The van der Waals surface area contributed by atoms with Crippen molar-refractivity contribution in [3.63, 3.8) is 0 Å². The van der Waals surface area contributed by atoms with Gasteiger partial charge in [0.25, 0.3) is 0 Å². The first-order valence-corrected chi connectivity index (χ1v) is 7.50. The highest BCUT2D eigenvalue weighted by atomic mass is 16.7. The summed E-state index contributed by atoms with van der Waals surface area (Å²) in [5, 5.41) is 3.44. The summed E-state index contributed by atoms with van der Waals surface area (Å²) >= 11 is 0. The van der Waals surface area contributed by atoms with Gasteiger partial charge in [0.1, 0.15) is 18.8 Å². The van der Waals surface area contributed by atoms with Gasteiger partial charge in [-0.05, 0) is 5.53 Å². The van der Waals surface area contributed by atoms with E-state index in [0.29, 0.717) is 0 Å². The van der Waals surface area contributed by atoms with Crippen molar-refractivity contribution in [1.82, 2.24) is 0 Å². The van der Waals surface area contributed by atoms with E-state index >= 15 is 0 Å². The number of hydrogen-bond donors (Lipinski definition) is 0. The SMILES string of the molecule is CC(=O)OC[C@H]1O[C@H](OC(C)=O)[C@H](N=[N+]=[N-])[C@@H](OC(C)=O)[C@H]1OC(C)=O. The summed E-state index contributed by atoms with van der Waals surface area (Å²) in [5.41, 5.74) is 8.78. The second-order valence-electron chi connectivity index (χ2n) is 5.30. The van der Waals surface area contributed by atoms with Gasteiger partial charge in [-0.1, -0.05) is 5.11 Å². The first-order chi connectivity index (χ1) is 12.1. The standard InChI is InChI=1S/C14H19N3O9/c1-6(18)22-5-10-12(23-7(2)19)13(24-8(3)20)11(16-17-15)14(26-10)25-9(4)21/h10-14H,5H2,1-4H3/t10-,11-,12+,13-,14+/m1/s1. The topological polar surface area (TPSA) is 163 Å². The first-order valence-electron chi connectivity index (χ1n) is 7.50. The van der Waals surface area contributed by atoms with Crippen LogP contribution in [0.1, 0.15) is 27.7 Å². The average molecular weight is 373 g/mol. The van der Waals surface area contributed by atoms with Crippen LogP contribution in [0.15, 0.2) is 5.11 Å². The molecule has 5 atom stereocenters. The van der Waals surface area contributed by atoms with Crippen molar-refractivity contribution in [3.8, 4) is 0 Å². The molecule has 1 aliphatic heterocycles. The van der Waals surface area contributed by atoms with Crippen LogP contribution in [0.5, 0.6) is 0 Å². The van der Waals surface area contributed by atoms with Gasteiger partial charge in [-0.2, -0.15) is 0 Å². The Hall–Kier alpha value is -2.85. The molecule has 0 unspecified atom stereocenters. The molecule has 0 N–H and O–H groups in total. The molecule has 0 spiro atoms. The van der Waals surface area contributed by atoms with Crippen LogP contribution in [0.2, 0.25) is 0 Å². The van der Waals surface area contributed by atoms with E-state index in [1.807, 2.05) is 0 Å². The Kier molecular flexibility index (Phi) is 7.81. The summed E-state index contributed by atoms with van der Waals surface area (Å²) in [4.78, 5) is 47.9. The van der Waals surface area contributed by atoms with Crippen molar-refractivity contribution in [2.24, 2.45) is 5.11 Å². The number of nitrogens with zero attached hydrogens (tertiary/aromatic N) is 3. The molecule has 1 heterocycles. The van der Waals surface area contributed by atoms with Crippen LogP contribution < -0.4 is 0 Å². The summed E-state index contributed by atoms with van der Waals surface area (Å²) < 4.78 is 25.5. The average Bonchev–Trinajstić information content (AvgIpc) is 2.49. The van der Waals surface area contributed by atoms with E-state index in [4.69, 9.17) is 29.2 Å². The molecule has 144 valence electrons. The molecule has 0 amide bonds. The minimum atomic E-state index is -1.44. The largest absolute Gasteiger partial charge is 0.463 e. The third-order valence-corrected chi connectivity index (χ3v) is 3.14. The minimum absolute atomic E-state index is 0.383. The molecule has 26 heavy (non-hydrogen) atoms. The molecule has 1 saturated heterocycles. The van der Waals surface area contributed by atoms with Gasteiger partial charge in [-0.15, -0.1) is 0 Å². The van der Waals surface area contributed by atoms with E-state index in [0.717, 1.165) is 27.7 Å². The van der Waals surface area contributed by atoms with Crippen molar-refractivity contribution in [3.05, 3.63) is 10.4 Å². The maximum absolute atomic E-state index is 11.5. The Morgan fingerprint density at radius 3 is 1.92 bits per heavy atom. The number of rotatable bonds is 6. The van der Waals surface area contributed by atoms with Gasteiger partial charge in [-0.25, -0.2) is 0 Å². The number of carbonyl (C=O) groups is 4.